The predicted molar refractivity (Wildman–Crippen MR) is 315 cm³/mol. The fourth-order valence-corrected chi connectivity index (χ4v) is 14.1. The lowest BCUT2D eigenvalue weighted by molar-refractivity contribution is 0.748. The lowest BCUT2D eigenvalue weighted by Gasteiger charge is -2.40. The molecular formula is C74H48N2. The van der Waals surface area contributed by atoms with Crippen molar-refractivity contribution in [1.82, 2.24) is 4.57 Å². The van der Waals surface area contributed by atoms with E-state index >= 15 is 0 Å². The first kappa shape index (κ1) is 42.7. The Bertz CT molecular complexity index is 4380. The van der Waals surface area contributed by atoms with Crippen molar-refractivity contribution in [3.63, 3.8) is 0 Å². The Morgan fingerprint density at radius 3 is 1.43 bits per heavy atom. The first-order valence-electron chi connectivity index (χ1n) is 26.5. The smallest absolute Gasteiger partial charge is 0.0755 e. The molecule has 12 aromatic carbocycles. The number of hydrogen-bond acceptors (Lipinski definition) is 1. The van der Waals surface area contributed by atoms with Crippen molar-refractivity contribution in [2.75, 3.05) is 4.90 Å². The zero-order chi connectivity index (χ0) is 50.0. The number of rotatable bonds is 7. The molecule has 1 aromatic heterocycles. The minimum atomic E-state index is -0.618. The van der Waals surface area contributed by atoms with Gasteiger partial charge in [0.15, 0.2) is 0 Å². The molecular weight excluding hydrogens is 917 g/mol. The van der Waals surface area contributed by atoms with E-state index in [4.69, 9.17) is 0 Å². The zero-order valence-corrected chi connectivity index (χ0v) is 41.6. The van der Waals surface area contributed by atoms with Crippen LogP contribution in [0.15, 0.2) is 291 Å². The number of hydrogen-bond donors (Lipinski definition) is 0. The van der Waals surface area contributed by atoms with Crippen LogP contribution in [-0.2, 0) is 10.8 Å². The van der Waals surface area contributed by atoms with Gasteiger partial charge in [0, 0.05) is 27.7 Å². The maximum absolute atomic E-state index is 2.56. The Labute approximate surface area is 442 Å². The SMILES string of the molecule is c1ccc(-c2cccc(-c3ccccc3N(c3ccc4c(c3)C(c3ccccc3)(c3ccccc3)c3ccccc3-4)c3ccc4c(c3)C3(c5ccccc5-c5ccccc53)c3cccc5c6ccccc6n-4c35)c2)cc1. The molecule has 0 bridgehead atoms. The number of anilines is 3. The molecule has 2 aliphatic carbocycles. The predicted octanol–water partition coefficient (Wildman–Crippen LogP) is 18.6. The van der Waals surface area contributed by atoms with Crippen molar-refractivity contribution >= 4 is 38.9 Å². The summed E-state index contributed by atoms with van der Waals surface area (Å²) >= 11 is 0. The number of para-hydroxylation sites is 3. The van der Waals surface area contributed by atoms with Gasteiger partial charge < -0.3 is 9.47 Å². The molecule has 354 valence electrons. The van der Waals surface area contributed by atoms with E-state index in [0.29, 0.717) is 0 Å². The van der Waals surface area contributed by atoms with Gasteiger partial charge in [-0.1, -0.05) is 243 Å². The third-order valence-corrected chi connectivity index (χ3v) is 17.1. The Kier molecular flexibility index (Phi) is 9.20. The standard InChI is InChI=1S/C74H48N2/c1-4-22-49(23-5-1)50-24-20-25-51(46-50)56-30-13-18-40-69(56)75(54-42-44-60-59-33-10-15-36-63(59)73(67(60)47-54,52-26-6-2-7-27-52)53-28-8-3-9-29-53)55-43-45-71-68(48-55)74(64-37-16-11-31-57(64)58-32-12-17-38-65(58)74)66-39-21-35-62-61-34-14-19-41-70(61)76(71)72(62)66/h1-48H. The van der Waals surface area contributed by atoms with Crippen LogP contribution in [-0.4, -0.2) is 4.57 Å². The molecule has 1 aliphatic heterocycles. The van der Waals surface area contributed by atoms with Gasteiger partial charge in [0.05, 0.1) is 33.2 Å². The van der Waals surface area contributed by atoms with E-state index in [1.54, 1.807) is 0 Å². The topological polar surface area (TPSA) is 8.17 Å². The van der Waals surface area contributed by atoms with Gasteiger partial charge in [0.2, 0.25) is 0 Å². The molecule has 0 unspecified atom stereocenters. The van der Waals surface area contributed by atoms with Crippen LogP contribution in [0.5, 0.6) is 0 Å². The van der Waals surface area contributed by atoms with E-state index in [1.807, 2.05) is 0 Å². The molecule has 0 saturated carbocycles. The first-order valence-corrected chi connectivity index (χ1v) is 26.5. The average molecular weight is 965 g/mol. The monoisotopic (exact) mass is 964 g/mol. The molecule has 2 heterocycles. The lowest BCUT2D eigenvalue weighted by atomic mass is 9.65. The molecule has 2 heteroatoms. The van der Waals surface area contributed by atoms with Crippen molar-refractivity contribution < 1.29 is 0 Å². The molecule has 0 fully saturated rings. The Morgan fingerprint density at radius 1 is 0.276 bits per heavy atom. The van der Waals surface area contributed by atoms with Crippen molar-refractivity contribution in [2.24, 2.45) is 0 Å². The maximum Gasteiger partial charge on any atom is 0.0755 e. The largest absolute Gasteiger partial charge is 0.310 e. The highest BCUT2D eigenvalue weighted by atomic mass is 15.1. The van der Waals surface area contributed by atoms with E-state index in [9.17, 15) is 0 Å². The Balaban J connectivity index is 1.02. The second kappa shape index (κ2) is 16.4. The van der Waals surface area contributed by atoms with Gasteiger partial charge >= 0.3 is 0 Å². The highest BCUT2D eigenvalue weighted by Crippen LogP contribution is 2.63. The normalized spacial score (nSPS) is 13.7. The minimum Gasteiger partial charge on any atom is -0.310 e. The highest BCUT2D eigenvalue weighted by Gasteiger charge is 2.51. The summed E-state index contributed by atoms with van der Waals surface area (Å²) in [4.78, 5) is 2.55. The van der Waals surface area contributed by atoms with Crippen LogP contribution in [0.4, 0.5) is 17.1 Å². The number of aromatic nitrogens is 1. The second-order valence-electron chi connectivity index (χ2n) is 20.7. The molecule has 1 spiro atoms. The van der Waals surface area contributed by atoms with Crippen LogP contribution in [0.1, 0.15) is 44.5 Å². The second-order valence-corrected chi connectivity index (χ2v) is 20.7. The van der Waals surface area contributed by atoms with Crippen LogP contribution in [0.2, 0.25) is 0 Å². The van der Waals surface area contributed by atoms with Gasteiger partial charge in [0.1, 0.15) is 0 Å². The third-order valence-electron chi connectivity index (χ3n) is 17.1. The Hall–Kier alpha value is -9.76. The van der Waals surface area contributed by atoms with Crippen molar-refractivity contribution in [3.05, 3.63) is 336 Å². The van der Waals surface area contributed by atoms with Crippen LogP contribution in [0, 0.1) is 0 Å². The summed E-state index contributed by atoms with van der Waals surface area (Å²) in [5.74, 6) is 0. The molecule has 3 aliphatic rings. The van der Waals surface area contributed by atoms with Gasteiger partial charge in [-0.05, 0) is 132 Å². The lowest BCUT2D eigenvalue weighted by Crippen LogP contribution is -2.33. The summed E-state index contributed by atoms with van der Waals surface area (Å²) < 4.78 is 2.56. The average Bonchev–Trinajstić information content (AvgIpc) is 4.13. The fraction of sp³-hybridized carbons (Fsp3) is 0.0270. The number of benzene rings is 12. The highest BCUT2D eigenvalue weighted by molar-refractivity contribution is 6.13. The summed E-state index contributed by atoms with van der Waals surface area (Å²) in [7, 11) is 0. The molecule has 0 radical (unpaired) electrons. The Morgan fingerprint density at radius 2 is 0.750 bits per heavy atom. The number of nitrogens with zero attached hydrogens (tertiary/aromatic N) is 2. The van der Waals surface area contributed by atoms with E-state index in [-0.39, 0.29) is 0 Å². The van der Waals surface area contributed by atoms with Gasteiger partial charge in [-0.2, -0.15) is 0 Å². The molecule has 0 saturated heterocycles. The summed E-state index contributed by atoms with van der Waals surface area (Å²) in [6.07, 6.45) is 0. The van der Waals surface area contributed by atoms with Gasteiger partial charge in [0.25, 0.3) is 0 Å². The van der Waals surface area contributed by atoms with Crippen LogP contribution >= 0.6 is 0 Å². The number of fused-ring (bicyclic) bond motifs is 15. The maximum atomic E-state index is 2.56. The summed E-state index contributed by atoms with van der Waals surface area (Å²) in [6.45, 7) is 0. The van der Waals surface area contributed by atoms with E-state index in [2.05, 4.69) is 301 Å². The molecule has 0 N–H and O–H groups in total. The van der Waals surface area contributed by atoms with E-state index in [0.717, 1.165) is 28.2 Å². The van der Waals surface area contributed by atoms with Crippen molar-refractivity contribution in [3.8, 4) is 50.2 Å². The van der Waals surface area contributed by atoms with Crippen LogP contribution < -0.4 is 4.90 Å². The van der Waals surface area contributed by atoms with Gasteiger partial charge in [-0.25, -0.2) is 0 Å². The minimum absolute atomic E-state index is 0.582. The molecule has 13 aromatic rings. The summed E-state index contributed by atoms with van der Waals surface area (Å²) in [5, 5.41) is 2.54. The zero-order valence-electron chi connectivity index (χ0n) is 41.6. The molecule has 16 rings (SSSR count). The summed E-state index contributed by atoms with van der Waals surface area (Å²) in [5.41, 5.74) is 25.7. The van der Waals surface area contributed by atoms with Crippen LogP contribution in [0.3, 0.4) is 0 Å². The van der Waals surface area contributed by atoms with Crippen LogP contribution in [0.25, 0.3) is 72.0 Å². The van der Waals surface area contributed by atoms with E-state index < -0.39 is 10.8 Å². The van der Waals surface area contributed by atoms with Crippen molar-refractivity contribution in [1.29, 1.82) is 0 Å². The van der Waals surface area contributed by atoms with Gasteiger partial charge in [-0.15, -0.1) is 0 Å². The molecule has 0 atom stereocenters. The molecule has 76 heavy (non-hydrogen) atoms. The van der Waals surface area contributed by atoms with Crippen molar-refractivity contribution in [2.45, 2.75) is 10.8 Å². The van der Waals surface area contributed by atoms with E-state index in [1.165, 1.54) is 105 Å². The third kappa shape index (κ3) is 5.76. The molecule has 0 amide bonds. The van der Waals surface area contributed by atoms with Gasteiger partial charge in [-0.3, -0.25) is 0 Å². The first-order chi connectivity index (χ1) is 37.7. The summed E-state index contributed by atoms with van der Waals surface area (Å²) in [6, 6.07) is 109. The quantitative estimate of drug-likeness (QED) is 0.155. The fourth-order valence-electron chi connectivity index (χ4n) is 14.1. The molecule has 2 nitrogen and oxygen atoms in total.